The molecule has 1 heterocycles. The van der Waals surface area contributed by atoms with Crippen molar-refractivity contribution in [3.05, 3.63) is 11.8 Å². The third-order valence-electron chi connectivity index (χ3n) is 4.04. The van der Waals surface area contributed by atoms with Crippen LogP contribution in [0, 0.1) is 5.92 Å². The van der Waals surface area contributed by atoms with Crippen molar-refractivity contribution in [3.8, 4) is 0 Å². The summed E-state index contributed by atoms with van der Waals surface area (Å²) in [5.74, 6) is 0.987. The smallest absolute Gasteiger partial charge is 0.309 e. The molecule has 1 aliphatic rings. The fourth-order valence-electron chi connectivity index (χ4n) is 2.41. The van der Waals surface area contributed by atoms with Crippen LogP contribution in [0.15, 0.2) is 11.8 Å². The van der Waals surface area contributed by atoms with Gasteiger partial charge in [-0.1, -0.05) is 20.8 Å². The van der Waals surface area contributed by atoms with Gasteiger partial charge in [0.05, 0.1) is 18.3 Å². The molecule has 0 bridgehead atoms. The predicted octanol–water partition coefficient (Wildman–Crippen LogP) is 3.87. The Labute approximate surface area is 112 Å². The number of rotatable bonds is 7. The summed E-state index contributed by atoms with van der Waals surface area (Å²) >= 11 is 0. The monoisotopic (exact) mass is 270 g/mol. The lowest BCUT2D eigenvalue weighted by Crippen LogP contribution is -2.35. The van der Waals surface area contributed by atoms with Gasteiger partial charge in [0.2, 0.25) is 8.32 Å². The summed E-state index contributed by atoms with van der Waals surface area (Å²) < 4.78 is 11.2. The van der Waals surface area contributed by atoms with Crippen molar-refractivity contribution in [2.75, 3.05) is 6.61 Å². The number of ether oxygens (including phenoxy) is 1. The number of allylic oxidation sites excluding steroid dienone is 2. The zero-order valence-electron chi connectivity index (χ0n) is 12.1. The summed E-state index contributed by atoms with van der Waals surface area (Å²) in [6.07, 6.45) is 3.67. The molecule has 18 heavy (non-hydrogen) atoms. The molecule has 0 aromatic heterocycles. The minimum atomic E-state index is -1.56. The van der Waals surface area contributed by atoms with E-state index in [-0.39, 0.29) is 11.9 Å². The van der Waals surface area contributed by atoms with E-state index in [2.05, 4.69) is 26.8 Å². The Hall–Kier alpha value is -0.773. The van der Waals surface area contributed by atoms with Gasteiger partial charge in [-0.3, -0.25) is 4.79 Å². The van der Waals surface area contributed by atoms with Crippen molar-refractivity contribution in [1.82, 2.24) is 0 Å². The summed E-state index contributed by atoms with van der Waals surface area (Å²) in [4.78, 5) is 11.4. The first-order valence-electron chi connectivity index (χ1n) is 7.09. The van der Waals surface area contributed by atoms with Gasteiger partial charge in [-0.25, -0.2) is 0 Å². The number of carbonyl (C=O) groups is 1. The molecule has 1 rings (SSSR count). The van der Waals surface area contributed by atoms with Gasteiger partial charge >= 0.3 is 5.97 Å². The van der Waals surface area contributed by atoms with Crippen LogP contribution in [0.2, 0.25) is 18.1 Å². The SMILES string of the molecule is CC[Si](CC)(CC)OC(C)=CCC1CCOC1=O. The quantitative estimate of drug-likeness (QED) is 0.400. The van der Waals surface area contributed by atoms with Crippen LogP contribution < -0.4 is 0 Å². The Morgan fingerprint density at radius 2 is 2.00 bits per heavy atom. The molecule has 0 N–H and O–H groups in total. The third-order valence-corrected chi connectivity index (χ3v) is 8.67. The molecule has 1 atom stereocenters. The van der Waals surface area contributed by atoms with E-state index in [0.717, 1.165) is 36.7 Å². The van der Waals surface area contributed by atoms with Gasteiger partial charge in [-0.05, 0) is 44.0 Å². The van der Waals surface area contributed by atoms with Gasteiger partial charge in [-0.15, -0.1) is 0 Å². The molecule has 4 heteroatoms. The highest BCUT2D eigenvalue weighted by Gasteiger charge is 2.31. The Morgan fingerprint density at radius 1 is 1.39 bits per heavy atom. The van der Waals surface area contributed by atoms with E-state index in [1.807, 2.05) is 6.92 Å². The highest BCUT2D eigenvalue weighted by molar-refractivity contribution is 6.73. The first-order chi connectivity index (χ1) is 8.56. The molecule has 1 fully saturated rings. The normalized spacial score (nSPS) is 21.0. The Kier molecular flexibility index (Phi) is 5.92. The van der Waals surface area contributed by atoms with E-state index < -0.39 is 8.32 Å². The van der Waals surface area contributed by atoms with E-state index >= 15 is 0 Å². The molecular formula is C14H26O3Si. The predicted molar refractivity (Wildman–Crippen MR) is 75.7 cm³/mol. The van der Waals surface area contributed by atoms with Gasteiger partial charge in [0, 0.05) is 0 Å². The maximum atomic E-state index is 11.4. The van der Waals surface area contributed by atoms with Crippen LogP contribution >= 0.6 is 0 Å². The molecule has 1 saturated heterocycles. The van der Waals surface area contributed by atoms with Crippen LogP contribution in [0.4, 0.5) is 0 Å². The molecule has 0 amide bonds. The third kappa shape index (κ3) is 3.87. The Morgan fingerprint density at radius 3 is 2.44 bits per heavy atom. The van der Waals surface area contributed by atoms with Crippen LogP contribution in [-0.2, 0) is 14.0 Å². The molecule has 0 radical (unpaired) electrons. The van der Waals surface area contributed by atoms with Gasteiger partial charge in [-0.2, -0.15) is 0 Å². The second-order valence-electron chi connectivity index (χ2n) is 5.05. The molecule has 1 aliphatic heterocycles. The van der Waals surface area contributed by atoms with Crippen LogP contribution in [-0.4, -0.2) is 20.9 Å². The average molecular weight is 270 g/mol. The Balaban J connectivity index is 2.52. The molecule has 0 aromatic rings. The van der Waals surface area contributed by atoms with Gasteiger partial charge in [0.1, 0.15) is 0 Å². The molecular weight excluding hydrogens is 244 g/mol. The summed E-state index contributed by atoms with van der Waals surface area (Å²) in [6, 6.07) is 3.45. The molecule has 3 nitrogen and oxygen atoms in total. The number of cyclic esters (lactones) is 1. The first kappa shape index (κ1) is 15.3. The molecule has 0 aromatic carbocycles. The maximum absolute atomic E-state index is 11.4. The Bertz CT molecular complexity index is 300. The molecule has 0 aliphatic carbocycles. The van der Waals surface area contributed by atoms with Crippen molar-refractivity contribution in [2.45, 2.75) is 58.7 Å². The summed E-state index contributed by atoms with van der Waals surface area (Å²) in [5.41, 5.74) is 0. The van der Waals surface area contributed by atoms with Crippen molar-refractivity contribution in [3.63, 3.8) is 0 Å². The number of hydrogen-bond acceptors (Lipinski definition) is 3. The van der Waals surface area contributed by atoms with Crippen LogP contribution in [0.25, 0.3) is 0 Å². The second-order valence-corrected chi connectivity index (χ2v) is 9.74. The minimum Gasteiger partial charge on any atom is -0.547 e. The second kappa shape index (κ2) is 6.97. The highest BCUT2D eigenvalue weighted by atomic mass is 28.4. The zero-order valence-corrected chi connectivity index (χ0v) is 13.1. The number of carbonyl (C=O) groups excluding carboxylic acids is 1. The van der Waals surface area contributed by atoms with E-state index in [1.54, 1.807) is 0 Å². The van der Waals surface area contributed by atoms with Crippen LogP contribution in [0.5, 0.6) is 0 Å². The highest BCUT2D eigenvalue weighted by Crippen LogP contribution is 2.26. The summed E-state index contributed by atoms with van der Waals surface area (Å²) in [5, 5.41) is 0. The summed E-state index contributed by atoms with van der Waals surface area (Å²) in [6.45, 7) is 9.26. The zero-order chi connectivity index (χ0) is 13.6. The van der Waals surface area contributed by atoms with E-state index in [4.69, 9.17) is 9.16 Å². The molecule has 104 valence electrons. The fourth-order valence-corrected chi connectivity index (χ4v) is 5.11. The van der Waals surface area contributed by atoms with Gasteiger partial charge in [0.25, 0.3) is 0 Å². The number of hydrogen-bond donors (Lipinski definition) is 0. The maximum Gasteiger partial charge on any atom is 0.309 e. The molecule has 1 unspecified atom stereocenters. The van der Waals surface area contributed by atoms with Crippen molar-refractivity contribution in [2.24, 2.45) is 5.92 Å². The lowest BCUT2D eigenvalue weighted by atomic mass is 10.0. The van der Waals surface area contributed by atoms with Crippen molar-refractivity contribution in [1.29, 1.82) is 0 Å². The van der Waals surface area contributed by atoms with Crippen LogP contribution in [0.3, 0.4) is 0 Å². The minimum absolute atomic E-state index is 0.0458. The van der Waals surface area contributed by atoms with Gasteiger partial charge in [0.15, 0.2) is 0 Å². The van der Waals surface area contributed by atoms with E-state index in [9.17, 15) is 4.79 Å². The molecule has 0 saturated carbocycles. The standard InChI is InChI=1S/C14H26O3Si/c1-5-18(6-2,7-3)17-12(4)8-9-13-10-11-16-14(13)15/h8,13H,5-7,9-11H2,1-4H3. The van der Waals surface area contributed by atoms with E-state index in [1.165, 1.54) is 0 Å². The van der Waals surface area contributed by atoms with Crippen LogP contribution in [0.1, 0.15) is 40.5 Å². The topological polar surface area (TPSA) is 35.5 Å². The first-order valence-corrected chi connectivity index (χ1v) is 9.62. The number of esters is 1. The van der Waals surface area contributed by atoms with Crippen molar-refractivity contribution >= 4 is 14.3 Å². The fraction of sp³-hybridized carbons (Fsp3) is 0.786. The largest absolute Gasteiger partial charge is 0.547 e. The molecule has 0 spiro atoms. The lowest BCUT2D eigenvalue weighted by Gasteiger charge is -2.29. The van der Waals surface area contributed by atoms with Gasteiger partial charge < -0.3 is 9.16 Å². The van der Waals surface area contributed by atoms with Crippen molar-refractivity contribution < 1.29 is 14.0 Å². The average Bonchev–Trinajstić information content (AvgIpc) is 2.79. The van der Waals surface area contributed by atoms with E-state index in [0.29, 0.717) is 6.61 Å². The summed E-state index contributed by atoms with van der Waals surface area (Å²) in [7, 11) is -1.56. The lowest BCUT2D eigenvalue weighted by molar-refractivity contribution is -0.141.